The molecule has 136 valence electrons. The topological polar surface area (TPSA) is 104 Å². The van der Waals surface area contributed by atoms with E-state index in [0.29, 0.717) is 49.0 Å². The van der Waals surface area contributed by atoms with Crippen molar-refractivity contribution in [3.05, 3.63) is 29.3 Å². The molecule has 1 heterocycles. The van der Waals surface area contributed by atoms with Crippen molar-refractivity contribution in [2.24, 2.45) is 5.92 Å². The number of hydrogen-bond acceptors (Lipinski definition) is 4. The normalized spacial score (nSPS) is 25.1. The maximum atomic E-state index is 12.5. The molecule has 8 heteroatoms. The van der Waals surface area contributed by atoms with Crippen LogP contribution in [0.25, 0.3) is 0 Å². The molecule has 1 aromatic rings. The molecule has 0 aromatic heterocycles. The zero-order chi connectivity index (χ0) is 18.2. The van der Waals surface area contributed by atoms with Crippen molar-refractivity contribution < 1.29 is 23.1 Å². The number of nitrogens with one attached hydrogen (secondary N) is 1. The number of amides is 1. The van der Waals surface area contributed by atoms with Crippen molar-refractivity contribution in [1.82, 2.24) is 5.32 Å². The molecule has 0 bridgehead atoms. The zero-order valence-electron chi connectivity index (χ0n) is 14.1. The van der Waals surface area contributed by atoms with Gasteiger partial charge in [0.1, 0.15) is 0 Å². The van der Waals surface area contributed by atoms with Crippen LogP contribution in [0.4, 0.5) is 5.69 Å². The molecule has 1 aliphatic heterocycles. The summed E-state index contributed by atoms with van der Waals surface area (Å²) in [6.07, 6.45) is 2.29. The van der Waals surface area contributed by atoms with Gasteiger partial charge in [0.05, 0.1) is 17.4 Å². The number of sulfonamides is 1. The number of carboxylic acid groups (broad SMARTS) is 1. The number of carboxylic acids is 1. The van der Waals surface area contributed by atoms with Crippen molar-refractivity contribution in [3.63, 3.8) is 0 Å². The second-order valence-corrected chi connectivity index (χ2v) is 8.77. The molecule has 2 aliphatic rings. The number of benzene rings is 1. The van der Waals surface area contributed by atoms with Crippen LogP contribution in [0.5, 0.6) is 0 Å². The van der Waals surface area contributed by atoms with Gasteiger partial charge in [0.25, 0.3) is 5.91 Å². The first-order valence-electron chi connectivity index (χ1n) is 8.42. The summed E-state index contributed by atoms with van der Waals surface area (Å²) in [6, 6.07) is 4.87. The molecule has 2 atom stereocenters. The van der Waals surface area contributed by atoms with E-state index in [-0.39, 0.29) is 17.7 Å². The monoisotopic (exact) mass is 366 g/mol. The number of anilines is 1. The molecule has 1 amide bonds. The SMILES string of the molecule is Cc1cc(N2CCCS2(=O)=O)ccc1C(=O)N[C@@H]1CC[C@H](C(=O)O)C1. The van der Waals surface area contributed by atoms with Crippen LogP contribution in [0.3, 0.4) is 0 Å². The Hall–Kier alpha value is -2.09. The maximum Gasteiger partial charge on any atom is 0.306 e. The molecule has 1 aliphatic carbocycles. The maximum absolute atomic E-state index is 12.5. The van der Waals surface area contributed by atoms with Crippen molar-refractivity contribution in [2.45, 2.75) is 38.6 Å². The lowest BCUT2D eigenvalue weighted by Crippen LogP contribution is -2.34. The average Bonchev–Trinajstić information content (AvgIpc) is 3.13. The van der Waals surface area contributed by atoms with E-state index in [1.807, 2.05) is 0 Å². The lowest BCUT2D eigenvalue weighted by atomic mass is 10.1. The summed E-state index contributed by atoms with van der Waals surface area (Å²) in [5.41, 5.74) is 1.77. The van der Waals surface area contributed by atoms with Gasteiger partial charge in [0, 0.05) is 18.2 Å². The number of aryl methyl sites for hydroxylation is 1. The van der Waals surface area contributed by atoms with E-state index in [2.05, 4.69) is 5.32 Å². The van der Waals surface area contributed by atoms with E-state index in [1.165, 1.54) is 4.31 Å². The fourth-order valence-corrected chi connectivity index (χ4v) is 5.14. The lowest BCUT2D eigenvalue weighted by molar-refractivity contribution is -0.141. The van der Waals surface area contributed by atoms with Gasteiger partial charge in [-0.3, -0.25) is 13.9 Å². The van der Waals surface area contributed by atoms with Crippen LogP contribution >= 0.6 is 0 Å². The summed E-state index contributed by atoms with van der Waals surface area (Å²) in [5.74, 6) is -1.30. The predicted molar refractivity (Wildman–Crippen MR) is 93.2 cm³/mol. The van der Waals surface area contributed by atoms with Gasteiger partial charge < -0.3 is 10.4 Å². The molecule has 0 spiro atoms. The van der Waals surface area contributed by atoms with Gasteiger partial charge in [-0.1, -0.05) is 0 Å². The number of carbonyl (C=O) groups is 2. The Balaban J connectivity index is 1.71. The predicted octanol–water partition coefficient (Wildman–Crippen LogP) is 1.52. The summed E-state index contributed by atoms with van der Waals surface area (Å²) in [7, 11) is -3.25. The van der Waals surface area contributed by atoms with Gasteiger partial charge >= 0.3 is 5.97 Å². The van der Waals surface area contributed by atoms with Gasteiger partial charge in [0.15, 0.2) is 0 Å². The van der Waals surface area contributed by atoms with Crippen molar-refractivity contribution in [3.8, 4) is 0 Å². The Bertz CT molecular complexity index is 805. The van der Waals surface area contributed by atoms with Crippen LogP contribution in [0.2, 0.25) is 0 Å². The second kappa shape index (κ2) is 6.67. The molecule has 2 fully saturated rings. The molecule has 25 heavy (non-hydrogen) atoms. The largest absolute Gasteiger partial charge is 0.481 e. The van der Waals surface area contributed by atoms with E-state index >= 15 is 0 Å². The van der Waals surface area contributed by atoms with Crippen LogP contribution in [0.15, 0.2) is 18.2 Å². The summed E-state index contributed by atoms with van der Waals surface area (Å²) < 4.78 is 25.4. The highest BCUT2D eigenvalue weighted by molar-refractivity contribution is 7.93. The first kappa shape index (κ1) is 17.7. The van der Waals surface area contributed by atoms with Gasteiger partial charge in [-0.15, -0.1) is 0 Å². The third-order valence-electron chi connectivity index (χ3n) is 4.96. The first-order valence-corrected chi connectivity index (χ1v) is 10.0. The molecule has 1 aromatic carbocycles. The van der Waals surface area contributed by atoms with E-state index < -0.39 is 21.9 Å². The standard InChI is InChI=1S/C17H22N2O5S/c1-11-9-14(19-7-2-8-25(19,23)24)5-6-15(11)16(20)18-13-4-3-12(10-13)17(21)22/h5-6,9,12-13H,2-4,7-8,10H2,1H3,(H,18,20)(H,21,22)/t12-,13+/m0/s1. The molecule has 1 saturated heterocycles. The van der Waals surface area contributed by atoms with E-state index in [4.69, 9.17) is 5.11 Å². The van der Waals surface area contributed by atoms with Gasteiger partial charge in [-0.05, 0) is 56.4 Å². The fourth-order valence-electron chi connectivity index (χ4n) is 3.59. The molecule has 0 unspecified atom stereocenters. The van der Waals surface area contributed by atoms with E-state index in [1.54, 1.807) is 25.1 Å². The van der Waals surface area contributed by atoms with Crippen LogP contribution in [-0.4, -0.2) is 43.7 Å². The van der Waals surface area contributed by atoms with Crippen molar-refractivity contribution in [1.29, 1.82) is 0 Å². The van der Waals surface area contributed by atoms with Crippen molar-refractivity contribution >= 4 is 27.6 Å². The van der Waals surface area contributed by atoms with Crippen LogP contribution < -0.4 is 9.62 Å². The van der Waals surface area contributed by atoms with E-state index in [9.17, 15) is 18.0 Å². The zero-order valence-corrected chi connectivity index (χ0v) is 14.9. The minimum Gasteiger partial charge on any atom is -0.481 e. The molecular weight excluding hydrogens is 344 g/mol. The molecule has 7 nitrogen and oxygen atoms in total. The Morgan fingerprint density at radius 2 is 2.04 bits per heavy atom. The molecular formula is C17H22N2O5S. The number of aliphatic carboxylic acids is 1. The highest BCUT2D eigenvalue weighted by Crippen LogP contribution is 2.28. The summed E-state index contributed by atoms with van der Waals surface area (Å²) in [4.78, 5) is 23.5. The quantitative estimate of drug-likeness (QED) is 0.841. The average molecular weight is 366 g/mol. The second-order valence-electron chi connectivity index (χ2n) is 6.76. The summed E-state index contributed by atoms with van der Waals surface area (Å²) in [6.45, 7) is 2.24. The minimum absolute atomic E-state index is 0.133. The molecule has 2 N–H and O–H groups in total. The Labute approximate surface area is 147 Å². The third-order valence-corrected chi connectivity index (χ3v) is 6.83. The third kappa shape index (κ3) is 3.63. The highest BCUT2D eigenvalue weighted by Gasteiger charge is 2.31. The fraction of sp³-hybridized carbons (Fsp3) is 0.529. The van der Waals surface area contributed by atoms with Crippen LogP contribution in [0.1, 0.15) is 41.6 Å². The highest BCUT2D eigenvalue weighted by atomic mass is 32.2. The molecule has 0 radical (unpaired) electrons. The lowest BCUT2D eigenvalue weighted by Gasteiger charge is -2.19. The number of hydrogen-bond donors (Lipinski definition) is 2. The van der Waals surface area contributed by atoms with Gasteiger partial charge in [0.2, 0.25) is 10.0 Å². The first-order chi connectivity index (χ1) is 11.8. The Morgan fingerprint density at radius 1 is 1.28 bits per heavy atom. The number of carbonyl (C=O) groups excluding carboxylic acids is 1. The summed E-state index contributed by atoms with van der Waals surface area (Å²) >= 11 is 0. The smallest absolute Gasteiger partial charge is 0.306 e. The summed E-state index contributed by atoms with van der Waals surface area (Å²) in [5, 5.41) is 11.9. The van der Waals surface area contributed by atoms with Crippen LogP contribution in [0, 0.1) is 12.8 Å². The Morgan fingerprint density at radius 3 is 2.60 bits per heavy atom. The number of rotatable bonds is 4. The van der Waals surface area contributed by atoms with Crippen LogP contribution in [-0.2, 0) is 14.8 Å². The Kier molecular flexibility index (Phi) is 4.73. The van der Waals surface area contributed by atoms with Crippen molar-refractivity contribution in [2.75, 3.05) is 16.6 Å². The molecule has 3 rings (SSSR count). The molecule has 1 saturated carbocycles. The van der Waals surface area contributed by atoms with Gasteiger partial charge in [-0.2, -0.15) is 0 Å². The minimum atomic E-state index is -3.25. The van der Waals surface area contributed by atoms with E-state index in [0.717, 1.165) is 0 Å². The van der Waals surface area contributed by atoms with Gasteiger partial charge in [-0.25, -0.2) is 8.42 Å². The number of nitrogens with zero attached hydrogens (tertiary/aromatic N) is 1.